The number of amides is 1. The predicted molar refractivity (Wildman–Crippen MR) is 124 cm³/mol. The van der Waals surface area contributed by atoms with Gasteiger partial charge in [-0.05, 0) is 38.0 Å². The lowest BCUT2D eigenvalue weighted by atomic mass is 10.1. The minimum atomic E-state index is -0.208. The Labute approximate surface area is 189 Å². The topological polar surface area (TPSA) is 103 Å². The van der Waals surface area contributed by atoms with Crippen molar-refractivity contribution in [2.45, 2.75) is 45.7 Å². The molecule has 4 rings (SSSR count). The maximum absolute atomic E-state index is 12.9. The standard InChI is InChI=1S/C21H24ClN7OS/c1-4-12(3)25-20(30)15-8-13(10-29-19(15)26-21(23)27-29)14-9-24-28(11-14)16(5-2)17-6-7-18(22)31-17/h6-12,16H,4-5H2,1-3H3,(H2,23,27)(H,25,30). The highest BCUT2D eigenvalue weighted by atomic mass is 35.5. The minimum Gasteiger partial charge on any atom is -0.366 e. The van der Waals surface area contributed by atoms with Crippen LogP contribution in [0.3, 0.4) is 0 Å². The number of carbonyl (C=O) groups excluding carboxylic acids is 1. The maximum Gasteiger partial charge on any atom is 0.255 e. The highest BCUT2D eigenvalue weighted by Gasteiger charge is 2.20. The van der Waals surface area contributed by atoms with Gasteiger partial charge in [0, 0.05) is 34.4 Å². The largest absolute Gasteiger partial charge is 0.366 e. The SMILES string of the molecule is CCC(C)NC(=O)c1cc(-c2cnn(C(CC)c3ccc(Cl)s3)c2)cn2nc(N)nc12. The highest BCUT2D eigenvalue weighted by Crippen LogP contribution is 2.32. The number of nitrogen functional groups attached to an aromatic ring is 1. The molecule has 4 heterocycles. The first-order valence-corrected chi connectivity index (χ1v) is 11.4. The van der Waals surface area contributed by atoms with Crippen LogP contribution in [0.5, 0.6) is 0 Å². The van der Waals surface area contributed by atoms with Crippen LogP contribution in [-0.4, -0.2) is 36.3 Å². The smallest absolute Gasteiger partial charge is 0.255 e. The molecule has 2 atom stereocenters. The average Bonchev–Trinajstić information content (AvgIpc) is 3.47. The molecule has 0 aliphatic rings. The van der Waals surface area contributed by atoms with Gasteiger partial charge in [0.05, 0.1) is 22.1 Å². The van der Waals surface area contributed by atoms with Gasteiger partial charge in [-0.2, -0.15) is 10.1 Å². The molecule has 31 heavy (non-hydrogen) atoms. The molecule has 4 aromatic heterocycles. The molecule has 4 aromatic rings. The van der Waals surface area contributed by atoms with Crippen LogP contribution in [0.2, 0.25) is 4.34 Å². The van der Waals surface area contributed by atoms with Gasteiger partial charge in [0.2, 0.25) is 5.95 Å². The van der Waals surface area contributed by atoms with Crippen molar-refractivity contribution in [2.24, 2.45) is 0 Å². The molecular formula is C21H24ClN7OS. The first-order chi connectivity index (χ1) is 14.9. The van der Waals surface area contributed by atoms with E-state index >= 15 is 0 Å². The van der Waals surface area contributed by atoms with Crippen molar-refractivity contribution in [3.05, 3.63) is 51.6 Å². The number of nitrogens with two attached hydrogens (primary N) is 1. The summed E-state index contributed by atoms with van der Waals surface area (Å²) < 4.78 is 4.23. The number of halogens is 1. The molecule has 0 radical (unpaired) electrons. The Kier molecular flexibility index (Phi) is 5.97. The Bertz CT molecular complexity index is 1230. The average molecular weight is 458 g/mol. The molecule has 0 spiro atoms. The van der Waals surface area contributed by atoms with Crippen LogP contribution in [0.15, 0.2) is 36.8 Å². The van der Waals surface area contributed by atoms with Gasteiger partial charge in [0.25, 0.3) is 5.91 Å². The number of anilines is 1. The van der Waals surface area contributed by atoms with E-state index in [-0.39, 0.29) is 23.9 Å². The zero-order valence-corrected chi connectivity index (χ0v) is 19.1. The predicted octanol–water partition coefficient (Wildman–Crippen LogP) is 4.42. The molecule has 2 unspecified atom stereocenters. The second-order valence-corrected chi connectivity index (χ2v) is 9.18. The van der Waals surface area contributed by atoms with Crippen molar-refractivity contribution < 1.29 is 4.79 Å². The summed E-state index contributed by atoms with van der Waals surface area (Å²) in [7, 11) is 0. The van der Waals surface area contributed by atoms with E-state index in [2.05, 4.69) is 27.4 Å². The van der Waals surface area contributed by atoms with E-state index in [9.17, 15) is 4.79 Å². The zero-order chi connectivity index (χ0) is 22.1. The van der Waals surface area contributed by atoms with E-state index < -0.39 is 0 Å². The maximum atomic E-state index is 12.9. The number of hydrogen-bond acceptors (Lipinski definition) is 6. The third kappa shape index (κ3) is 4.28. The number of pyridine rings is 1. The van der Waals surface area contributed by atoms with Crippen molar-refractivity contribution in [1.29, 1.82) is 0 Å². The number of nitrogens with one attached hydrogen (secondary N) is 1. The normalized spacial score (nSPS) is 13.4. The van der Waals surface area contributed by atoms with Gasteiger partial charge in [-0.15, -0.1) is 16.4 Å². The number of hydrogen-bond donors (Lipinski definition) is 2. The van der Waals surface area contributed by atoms with Crippen molar-refractivity contribution in [3.63, 3.8) is 0 Å². The van der Waals surface area contributed by atoms with Gasteiger partial charge in [-0.1, -0.05) is 25.4 Å². The lowest BCUT2D eigenvalue weighted by molar-refractivity contribution is 0.0940. The number of aromatic nitrogens is 5. The third-order valence-electron chi connectivity index (χ3n) is 5.25. The number of thiophene rings is 1. The third-order valence-corrected chi connectivity index (χ3v) is 6.58. The summed E-state index contributed by atoms with van der Waals surface area (Å²) in [4.78, 5) is 18.3. The van der Waals surface area contributed by atoms with E-state index in [4.69, 9.17) is 17.3 Å². The molecule has 0 saturated heterocycles. The molecule has 1 amide bonds. The van der Waals surface area contributed by atoms with Crippen LogP contribution in [-0.2, 0) is 0 Å². The lowest BCUT2D eigenvalue weighted by Crippen LogP contribution is -2.32. The highest BCUT2D eigenvalue weighted by molar-refractivity contribution is 7.16. The summed E-state index contributed by atoms with van der Waals surface area (Å²) in [6.45, 7) is 6.09. The first kappa shape index (κ1) is 21.3. The molecule has 0 bridgehead atoms. The molecule has 10 heteroatoms. The zero-order valence-electron chi connectivity index (χ0n) is 17.5. The Morgan fingerprint density at radius 3 is 2.74 bits per heavy atom. The second-order valence-electron chi connectivity index (χ2n) is 7.44. The summed E-state index contributed by atoms with van der Waals surface area (Å²) in [6.07, 6.45) is 7.27. The van der Waals surface area contributed by atoms with E-state index in [0.29, 0.717) is 11.2 Å². The van der Waals surface area contributed by atoms with Gasteiger partial charge in [-0.25, -0.2) is 4.52 Å². The fourth-order valence-corrected chi connectivity index (χ4v) is 4.65. The Morgan fingerprint density at radius 1 is 1.26 bits per heavy atom. The van der Waals surface area contributed by atoms with Gasteiger partial charge < -0.3 is 11.1 Å². The van der Waals surface area contributed by atoms with Crippen LogP contribution in [0.25, 0.3) is 16.8 Å². The molecule has 0 aliphatic carbocycles. The van der Waals surface area contributed by atoms with Crippen LogP contribution < -0.4 is 11.1 Å². The number of carbonyl (C=O) groups is 1. The molecule has 3 N–H and O–H groups in total. The Balaban J connectivity index is 1.74. The molecule has 8 nitrogen and oxygen atoms in total. The van der Waals surface area contributed by atoms with Crippen molar-refractivity contribution in [3.8, 4) is 11.1 Å². The summed E-state index contributed by atoms with van der Waals surface area (Å²) in [5.74, 6) is -0.0910. The number of rotatable bonds is 7. The van der Waals surface area contributed by atoms with E-state index in [1.54, 1.807) is 22.0 Å². The van der Waals surface area contributed by atoms with Gasteiger partial charge in [0.15, 0.2) is 5.65 Å². The monoisotopic (exact) mass is 457 g/mol. The van der Waals surface area contributed by atoms with E-state index in [0.717, 1.165) is 33.2 Å². The summed E-state index contributed by atoms with van der Waals surface area (Å²) >= 11 is 7.68. The number of fused-ring (bicyclic) bond motifs is 1. The summed E-state index contributed by atoms with van der Waals surface area (Å²) in [5.41, 5.74) is 8.32. The van der Waals surface area contributed by atoms with Crippen LogP contribution >= 0.6 is 22.9 Å². The first-order valence-electron chi connectivity index (χ1n) is 10.2. The molecule has 162 valence electrons. The van der Waals surface area contributed by atoms with Crippen molar-refractivity contribution in [1.82, 2.24) is 29.7 Å². The second kappa shape index (κ2) is 8.68. The van der Waals surface area contributed by atoms with Crippen LogP contribution in [0, 0.1) is 0 Å². The van der Waals surface area contributed by atoms with E-state index in [1.165, 1.54) is 0 Å². The Morgan fingerprint density at radius 2 is 2.06 bits per heavy atom. The van der Waals surface area contributed by atoms with Crippen molar-refractivity contribution >= 4 is 40.4 Å². The molecule has 0 fully saturated rings. The summed E-state index contributed by atoms with van der Waals surface area (Å²) in [6, 6.07) is 5.88. The van der Waals surface area contributed by atoms with Crippen molar-refractivity contribution in [2.75, 3.05) is 5.73 Å². The van der Waals surface area contributed by atoms with Gasteiger partial charge >= 0.3 is 0 Å². The summed E-state index contributed by atoms with van der Waals surface area (Å²) in [5, 5.41) is 11.8. The van der Waals surface area contributed by atoms with Crippen LogP contribution in [0.1, 0.15) is 54.9 Å². The van der Waals surface area contributed by atoms with Gasteiger partial charge in [-0.3, -0.25) is 9.48 Å². The fraction of sp³-hybridized carbons (Fsp3) is 0.333. The molecular weight excluding hydrogens is 434 g/mol. The molecule has 0 saturated carbocycles. The number of nitrogens with zero attached hydrogens (tertiary/aromatic N) is 5. The van der Waals surface area contributed by atoms with Gasteiger partial charge in [0.1, 0.15) is 0 Å². The lowest BCUT2D eigenvalue weighted by Gasteiger charge is -2.14. The van der Waals surface area contributed by atoms with E-state index in [1.807, 2.05) is 49.1 Å². The minimum absolute atomic E-state index is 0.0437. The van der Waals surface area contributed by atoms with Crippen LogP contribution in [0.4, 0.5) is 5.95 Å². The quantitative estimate of drug-likeness (QED) is 0.427. The fourth-order valence-electron chi connectivity index (χ4n) is 3.41. The molecule has 0 aliphatic heterocycles. The Hall–Kier alpha value is -2.91. The molecule has 0 aromatic carbocycles.